The molecule has 1 aromatic carbocycles. The van der Waals surface area contributed by atoms with Gasteiger partial charge in [0.1, 0.15) is 0 Å². The van der Waals surface area contributed by atoms with Crippen molar-refractivity contribution in [3.8, 4) is 0 Å². The van der Waals surface area contributed by atoms with Crippen LogP contribution in [0.2, 0.25) is 0 Å². The molecule has 0 saturated heterocycles. The van der Waals surface area contributed by atoms with E-state index in [-0.39, 0.29) is 5.78 Å². The second-order valence-electron chi connectivity index (χ2n) is 2.48. The molecule has 0 N–H and O–H groups in total. The minimum Gasteiger partial charge on any atom is -0.294 e. The fraction of sp³-hybridized carbons (Fsp3) is 0.222. The van der Waals surface area contributed by atoms with Crippen LogP contribution >= 0.6 is 25.3 Å². The first-order valence-electron chi connectivity index (χ1n) is 3.70. The van der Waals surface area contributed by atoms with Gasteiger partial charge in [-0.1, -0.05) is 6.92 Å². The number of carbonyl (C=O) groups excluding carboxylic acids is 1. The molecule has 64 valence electrons. The molecule has 0 aliphatic carbocycles. The number of benzene rings is 1. The van der Waals surface area contributed by atoms with Crippen LogP contribution in [0.5, 0.6) is 0 Å². The Balaban J connectivity index is 3.09. The lowest BCUT2D eigenvalue weighted by Crippen LogP contribution is -1.97. The van der Waals surface area contributed by atoms with E-state index in [4.69, 9.17) is 0 Å². The van der Waals surface area contributed by atoms with E-state index in [1.54, 1.807) is 18.2 Å². The molecule has 0 heterocycles. The van der Waals surface area contributed by atoms with Crippen molar-refractivity contribution in [2.75, 3.05) is 0 Å². The number of rotatable bonds is 2. The van der Waals surface area contributed by atoms with Gasteiger partial charge in [0.2, 0.25) is 0 Å². The van der Waals surface area contributed by atoms with E-state index in [1.807, 2.05) is 6.92 Å². The third kappa shape index (κ3) is 2.05. The Morgan fingerprint density at radius 1 is 1.42 bits per heavy atom. The third-order valence-corrected chi connectivity index (χ3v) is 2.25. The first kappa shape index (κ1) is 9.68. The van der Waals surface area contributed by atoms with Crippen LogP contribution in [-0.4, -0.2) is 5.78 Å². The van der Waals surface area contributed by atoms with Crippen LogP contribution in [0.3, 0.4) is 0 Å². The van der Waals surface area contributed by atoms with Gasteiger partial charge in [0, 0.05) is 21.8 Å². The number of Topliss-reactive ketones (excluding diaryl/α,β-unsaturated/α-hetero) is 1. The zero-order valence-electron chi connectivity index (χ0n) is 6.74. The summed E-state index contributed by atoms with van der Waals surface area (Å²) in [6, 6.07) is 5.33. The monoisotopic (exact) mass is 198 g/mol. The summed E-state index contributed by atoms with van der Waals surface area (Å²) in [7, 11) is 0. The summed E-state index contributed by atoms with van der Waals surface area (Å²) in [5, 5.41) is 0. The van der Waals surface area contributed by atoms with E-state index >= 15 is 0 Å². The van der Waals surface area contributed by atoms with E-state index in [2.05, 4.69) is 25.3 Å². The van der Waals surface area contributed by atoms with Crippen LogP contribution in [0.4, 0.5) is 0 Å². The smallest absolute Gasteiger partial charge is 0.163 e. The maximum atomic E-state index is 11.3. The van der Waals surface area contributed by atoms with E-state index in [1.165, 1.54) is 0 Å². The maximum Gasteiger partial charge on any atom is 0.163 e. The van der Waals surface area contributed by atoms with Gasteiger partial charge >= 0.3 is 0 Å². The van der Waals surface area contributed by atoms with E-state index in [9.17, 15) is 4.79 Å². The van der Waals surface area contributed by atoms with Gasteiger partial charge in [0.25, 0.3) is 0 Å². The van der Waals surface area contributed by atoms with Crippen molar-refractivity contribution in [1.29, 1.82) is 0 Å². The highest BCUT2D eigenvalue weighted by molar-refractivity contribution is 7.81. The van der Waals surface area contributed by atoms with Crippen molar-refractivity contribution in [2.24, 2.45) is 0 Å². The largest absolute Gasteiger partial charge is 0.294 e. The summed E-state index contributed by atoms with van der Waals surface area (Å²) in [6.07, 6.45) is 0.513. The van der Waals surface area contributed by atoms with Crippen LogP contribution < -0.4 is 0 Å². The molecular formula is C9H10OS2. The van der Waals surface area contributed by atoms with Gasteiger partial charge < -0.3 is 0 Å². The molecule has 0 saturated carbocycles. The zero-order valence-corrected chi connectivity index (χ0v) is 8.53. The van der Waals surface area contributed by atoms with E-state index < -0.39 is 0 Å². The molecule has 0 unspecified atom stereocenters. The molecule has 1 aromatic rings. The molecule has 3 heteroatoms. The van der Waals surface area contributed by atoms with E-state index in [0.717, 1.165) is 4.90 Å². The summed E-state index contributed by atoms with van der Waals surface area (Å²) in [6.45, 7) is 1.84. The molecule has 0 spiro atoms. The minimum atomic E-state index is 0.119. The molecule has 1 rings (SSSR count). The van der Waals surface area contributed by atoms with Gasteiger partial charge in [-0.05, 0) is 18.2 Å². The second kappa shape index (κ2) is 4.01. The lowest BCUT2D eigenvalue weighted by Gasteiger charge is -2.02. The van der Waals surface area contributed by atoms with Crippen molar-refractivity contribution in [1.82, 2.24) is 0 Å². The highest BCUT2D eigenvalue weighted by Crippen LogP contribution is 2.19. The summed E-state index contributed by atoms with van der Waals surface area (Å²) in [5.74, 6) is 0.119. The average Bonchev–Trinajstić information content (AvgIpc) is 2.03. The molecule has 0 fully saturated rings. The van der Waals surface area contributed by atoms with Gasteiger partial charge in [-0.3, -0.25) is 4.79 Å². The van der Waals surface area contributed by atoms with Gasteiger partial charge in [-0.15, -0.1) is 25.3 Å². The van der Waals surface area contributed by atoms with E-state index in [0.29, 0.717) is 16.9 Å². The Bertz CT molecular complexity index is 307. The number of thiol groups is 2. The number of hydrogen-bond acceptors (Lipinski definition) is 3. The zero-order chi connectivity index (χ0) is 9.14. The molecule has 1 nitrogen and oxygen atoms in total. The third-order valence-electron chi connectivity index (χ3n) is 1.60. The minimum absolute atomic E-state index is 0.119. The van der Waals surface area contributed by atoms with Crippen molar-refractivity contribution in [3.63, 3.8) is 0 Å². The SMILES string of the molecule is CCC(=O)c1ccc(S)cc1S. The summed E-state index contributed by atoms with van der Waals surface area (Å²) in [4.78, 5) is 12.8. The topological polar surface area (TPSA) is 17.1 Å². The quantitative estimate of drug-likeness (QED) is 0.552. The van der Waals surface area contributed by atoms with Crippen molar-refractivity contribution < 1.29 is 4.79 Å². The Kier molecular flexibility index (Phi) is 3.23. The molecule has 12 heavy (non-hydrogen) atoms. The highest BCUT2D eigenvalue weighted by atomic mass is 32.1. The summed E-state index contributed by atoms with van der Waals surface area (Å²) < 4.78 is 0. The molecule has 0 atom stereocenters. The van der Waals surface area contributed by atoms with Gasteiger partial charge in [-0.25, -0.2) is 0 Å². The summed E-state index contributed by atoms with van der Waals surface area (Å²) >= 11 is 8.33. The summed E-state index contributed by atoms with van der Waals surface area (Å²) in [5.41, 5.74) is 0.679. The maximum absolute atomic E-state index is 11.3. The molecular weight excluding hydrogens is 188 g/mol. The fourth-order valence-electron chi connectivity index (χ4n) is 0.946. The van der Waals surface area contributed by atoms with Crippen LogP contribution in [0.25, 0.3) is 0 Å². The Morgan fingerprint density at radius 3 is 2.58 bits per heavy atom. The molecule has 0 radical (unpaired) electrons. The van der Waals surface area contributed by atoms with Crippen LogP contribution in [0, 0.1) is 0 Å². The Labute approximate surface area is 83.0 Å². The lowest BCUT2D eigenvalue weighted by atomic mass is 10.1. The van der Waals surface area contributed by atoms with Crippen LogP contribution in [0.15, 0.2) is 28.0 Å². The number of ketones is 1. The predicted molar refractivity (Wildman–Crippen MR) is 55.6 cm³/mol. The van der Waals surface area contributed by atoms with Gasteiger partial charge in [-0.2, -0.15) is 0 Å². The number of hydrogen-bond donors (Lipinski definition) is 2. The molecule has 0 aliphatic heterocycles. The molecule has 0 bridgehead atoms. The Morgan fingerprint density at radius 2 is 2.08 bits per heavy atom. The van der Waals surface area contributed by atoms with Crippen molar-refractivity contribution >= 4 is 31.0 Å². The van der Waals surface area contributed by atoms with Crippen molar-refractivity contribution in [3.05, 3.63) is 23.8 Å². The molecule has 0 aliphatic rings. The normalized spacial score (nSPS) is 9.92. The van der Waals surface area contributed by atoms with Gasteiger partial charge in [0.15, 0.2) is 5.78 Å². The highest BCUT2D eigenvalue weighted by Gasteiger charge is 2.06. The average molecular weight is 198 g/mol. The van der Waals surface area contributed by atoms with Crippen molar-refractivity contribution in [2.45, 2.75) is 23.1 Å². The van der Waals surface area contributed by atoms with Crippen LogP contribution in [0.1, 0.15) is 23.7 Å². The van der Waals surface area contributed by atoms with Crippen LogP contribution in [-0.2, 0) is 0 Å². The molecule has 0 aromatic heterocycles. The predicted octanol–water partition coefficient (Wildman–Crippen LogP) is 2.86. The standard InChI is InChI=1S/C9H10OS2/c1-2-8(10)7-4-3-6(11)5-9(7)12/h3-5,11-12H,2H2,1H3. The lowest BCUT2D eigenvalue weighted by molar-refractivity contribution is 0.0985. The molecule has 0 amide bonds. The van der Waals surface area contributed by atoms with Gasteiger partial charge in [0.05, 0.1) is 0 Å². The Hall–Kier alpha value is -0.410. The first-order valence-corrected chi connectivity index (χ1v) is 4.59. The second-order valence-corrected chi connectivity index (χ2v) is 3.48. The number of carbonyl (C=O) groups is 1. The first-order chi connectivity index (χ1) is 5.65. The fourth-order valence-corrected chi connectivity index (χ4v) is 1.59.